The number of hydrogen-bond acceptors (Lipinski definition) is 15. The van der Waals surface area contributed by atoms with Crippen LogP contribution in [0.4, 0.5) is 0 Å². The molecule has 0 amide bonds. The van der Waals surface area contributed by atoms with Gasteiger partial charge in [-0.15, -0.1) is 0 Å². The smallest absolute Gasteiger partial charge is 0.462 e. The number of rotatable bonds is 81. The fraction of sp³-hybridized carbons (Fsp3) is 0.952. The molecule has 0 aliphatic carbocycles. The first-order valence-corrected chi connectivity index (χ1v) is 46.2. The van der Waals surface area contributed by atoms with E-state index in [9.17, 15) is 43.2 Å². The number of carbonyl (C=O) groups is 4. The van der Waals surface area contributed by atoms with E-state index in [0.717, 1.165) is 114 Å². The molecule has 0 saturated heterocycles. The number of esters is 4. The molecule has 17 nitrogen and oxygen atoms in total. The van der Waals surface area contributed by atoms with E-state index in [4.69, 9.17) is 37.0 Å². The van der Waals surface area contributed by atoms with Crippen molar-refractivity contribution < 1.29 is 80.2 Å². The van der Waals surface area contributed by atoms with E-state index in [2.05, 4.69) is 55.4 Å². The van der Waals surface area contributed by atoms with Crippen LogP contribution < -0.4 is 0 Å². The number of phosphoric ester groups is 2. The lowest BCUT2D eigenvalue weighted by Crippen LogP contribution is -2.30. The molecule has 0 spiro atoms. The van der Waals surface area contributed by atoms with E-state index in [0.29, 0.717) is 31.6 Å². The van der Waals surface area contributed by atoms with Crippen LogP contribution in [0, 0.1) is 23.7 Å². The van der Waals surface area contributed by atoms with Gasteiger partial charge in [-0.05, 0) is 49.4 Å². The van der Waals surface area contributed by atoms with E-state index >= 15 is 0 Å². The molecule has 4 unspecified atom stereocenters. The zero-order chi connectivity index (χ0) is 76.0. The monoisotopic (exact) mass is 1510 g/mol. The minimum absolute atomic E-state index is 0.107. The van der Waals surface area contributed by atoms with Gasteiger partial charge < -0.3 is 33.8 Å². The lowest BCUT2D eigenvalue weighted by molar-refractivity contribution is -0.161. The molecule has 612 valence electrons. The number of aliphatic hydroxyl groups is 1. The second-order valence-corrected chi connectivity index (χ2v) is 34.8. The number of ether oxygens (including phenoxy) is 4. The molecule has 0 fully saturated rings. The summed E-state index contributed by atoms with van der Waals surface area (Å²) in [7, 11) is -9.92. The van der Waals surface area contributed by atoms with Gasteiger partial charge in [-0.2, -0.15) is 0 Å². The van der Waals surface area contributed by atoms with Crippen LogP contribution in [-0.2, 0) is 65.4 Å². The third kappa shape index (κ3) is 76.6. The largest absolute Gasteiger partial charge is 0.472 e. The maximum Gasteiger partial charge on any atom is 0.472 e. The van der Waals surface area contributed by atoms with Crippen molar-refractivity contribution in [1.82, 2.24) is 0 Å². The van der Waals surface area contributed by atoms with Crippen LogP contribution in [0.25, 0.3) is 0 Å². The van der Waals surface area contributed by atoms with Gasteiger partial charge in [0.05, 0.1) is 26.4 Å². The van der Waals surface area contributed by atoms with Crippen LogP contribution in [0.3, 0.4) is 0 Å². The summed E-state index contributed by atoms with van der Waals surface area (Å²) in [5, 5.41) is 10.7. The fourth-order valence-electron chi connectivity index (χ4n) is 12.9. The van der Waals surface area contributed by atoms with Gasteiger partial charge >= 0.3 is 39.5 Å². The van der Waals surface area contributed by atoms with Crippen molar-refractivity contribution in [1.29, 1.82) is 0 Å². The van der Waals surface area contributed by atoms with E-state index in [1.165, 1.54) is 231 Å². The predicted molar refractivity (Wildman–Crippen MR) is 423 cm³/mol. The number of aliphatic hydroxyl groups excluding tert-OH is 1. The molecule has 19 heteroatoms. The fourth-order valence-corrected chi connectivity index (χ4v) is 14.5. The average molecular weight is 1510 g/mol. The zero-order valence-corrected chi connectivity index (χ0v) is 69.7. The second kappa shape index (κ2) is 72.9. The highest BCUT2D eigenvalue weighted by Gasteiger charge is 2.30. The van der Waals surface area contributed by atoms with Crippen LogP contribution in [-0.4, -0.2) is 96.7 Å². The van der Waals surface area contributed by atoms with Crippen LogP contribution in [0.1, 0.15) is 434 Å². The Balaban J connectivity index is 5.18. The minimum atomic E-state index is -4.96. The van der Waals surface area contributed by atoms with Crippen LogP contribution in [0.2, 0.25) is 0 Å². The van der Waals surface area contributed by atoms with Gasteiger partial charge in [-0.3, -0.25) is 37.3 Å². The average Bonchev–Trinajstić information content (AvgIpc) is 0.913. The highest BCUT2D eigenvalue weighted by atomic mass is 31.2. The summed E-state index contributed by atoms with van der Waals surface area (Å²) in [6.45, 7) is 14.3. The molecule has 3 N–H and O–H groups in total. The van der Waals surface area contributed by atoms with Crippen molar-refractivity contribution in [3.63, 3.8) is 0 Å². The first-order chi connectivity index (χ1) is 49.6. The molecule has 0 aliphatic heterocycles. The third-order valence-corrected chi connectivity index (χ3v) is 21.8. The van der Waals surface area contributed by atoms with E-state index < -0.39 is 97.5 Å². The van der Waals surface area contributed by atoms with E-state index in [1.807, 2.05) is 0 Å². The normalized spacial score (nSPS) is 14.2. The van der Waals surface area contributed by atoms with Crippen LogP contribution in [0.5, 0.6) is 0 Å². The Hall–Kier alpha value is -1.94. The van der Waals surface area contributed by atoms with E-state index in [-0.39, 0.29) is 25.7 Å². The lowest BCUT2D eigenvalue weighted by Gasteiger charge is -2.21. The van der Waals surface area contributed by atoms with Crippen molar-refractivity contribution in [2.75, 3.05) is 39.6 Å². The lowest BCUT2D eigenvalue weighted by atomic mass is 9.99. The molecule has 6 atom stereocenters. The number of phosphoric acid groups is 2. The summed E-state index contributed by atoms with van der Waals surface area (Å²) in [6.07, 6.45) is 61.3. The number of unbranched alkanes of at least 4 members (excludes halogenated alkanes) is 46. The first kappa shape index (κ1) is 101. The standard InChI is InChI=1S/C84H164O17P2/c1-9-77(8)63-55-47-38-32-25-21-17-12-10-11-13-18-22-26-34-40-50-58-66-83(88)100-79(70-94-81(86)64-56-48-39-33-29-28-31-37-45-53-61-75(4)5)72-98-102(90,91)96-68-78(85)69-97-103(92,93)99-73-80(71-95-82(87)65-57-49-43-42-46-54-62-76(6)7)101-84(89)67-59-51-41-35-27-23-19-15-14-16-20-24-30-36-44-52-60-74(2)3/h74-80,85H,9-73H2,1-8H3,(H,90,91)(H,92,93)/t77?,78?,79-,80-/m1/s1. The molecular weight excluding hydrogens is 1340 g/mol. The van der Waals surface area contributed by atoms with Crippen molar-refractivity contribution in [2.45, 2.75) is 453 Å². The molecular formula is C84H164O17P2. The van der Waals surface area contributed by atoms with Gasteiger partial charge in [0, 0.05) is 25.7 Å². The van der Waals surface area contributed by atoms with Gasteiger partial charge in [0.25, 0.3) is 0 Å². The highest BCUT2D eigenvalue weighted by molar-refractivity contribution is 7.47. The third-order valence-electron chi connectivity index (χ3n) is 19.9. The second-order valence-electron chi connectivity index (χ2n) is 31.9. The molecule has 0 aromatic heterocycles. The summed E-state index contributed by atoms with van der Waals surface area (Å²) in [5.41, 5.74) is 0. The molecule has 0 aliphatic rings. The van der Waals surface area contributed by atoms with Crippen LogP contribution >= 0.6 is 15.6 Å². The molecule has 0 rings (SSSR count). The molecule has 0 aromatic carbocycles. The van der Waals surface area contributed by atoms with Gasteiger partial charge in [-0.1, -0.05) is 383 Å². The zero-order valence-electron chi connectivity index (χ0n) is 68.0. The minimum Gasteiger partial charge on any atom is -0.462 e. The van der Waals surface area contributed by atoms with Crippen LogP contribution in [0.15, 0.2) is 0 Å². The van der Waals surface area contributed by atoms with Gasteiger partial charge in [0.2, 0.25) is 0 Å². The first-order valence-electron chi connectivity index (χ1n) is 43.2. The topological polar surface area (TPSA) is 237 Å². The predicted octanol–water partition coefficient (Wildman–Crippen LogP) is 25.2. The number of hydrogen-bond donors (Lipinski definition) is 3. The SMILES string of the molecule is CCC(C)CCCCCCCCCCCCCCCCCCCCC(=O)O[C@H](COC(=O)CCCCCCCCCCCCC(C)C)COP(=O)(O)OCC(O)COP(=O)(O)OC[C@@H](COC(=O)CCCCCCCCC(C)C)OC(=O)CCCCCCCCCCCCCCCCCCC(C)C. The Bertz CT molecular complexity index is 2010. The Morgan fingerprint density at radius 1 is 0.272 bits per heavy atom. The van der Waals surface area contributed by atoms with Crippen molar-refractivity contribution in [2.24, 2.45) is 23.7 Å². The summed E-state index contributed by atoms with van der Waals surface area (Å²) < 4.78 is 68.8. The molecule has 0 saturated carbocycles. The Kier molecular flexibility index (Phi) is 71.5. The van der Waals surface area contributed by atoms with Crippen molar-refractivity contribution in [3.05, 3.63) is 0 Å². The van der Waals surface area contributed by atoms with Gasteiger partial charge in [0.1, 0.15) is 19.3 Å². The van der Waals surface area contributed by atoms with Crippen molar-refractivity contribution in [3.8, 4) is 0 Å². The molecule has 0 bridgehead atoms. The summed E-state index contributed by atoms with van der Waals surface area (Å²) in [4.78, 5) is 73.1. The summed E-state index contributed by atoms with van der Waals surface area (Å²) >= 11 is 0. The quantitative estimate of drug-likeness (QED) is 0.0222. The molecule has 103 heavy (non-hydrogen) atoms. The Labute approximate surface area is 632 Å². The molecule has 0 heterocycles. The maximum atomic E-state index is 13.1. The highest BCUT2D eigenvalue weighted by Crippen LogP contribution is 2.45. The maximum absolute atomic E-state index is 13.1. The Morgan fingerprint density at radius 2 is 0.466 bits per heavy atom. The summed E-state index contributed by atoms with van der Waals surface area (Å²) in [5.74, 6) is 1.00. The van der Waals surface area contributed by atoms with Gasteiger partial charge in [-0.25, -0.2) is 9.13 Å². The Morgan fingerprint density at radius 3 is 0.689 bits per heavy atom. The van der Waals surface area contributed by atoms with E-state index in [1.54, 1.807) is 0 Å². The number of carbonyl (C=O) groups excluding carboxylic acids is 4. The van der Waals surface area contributed by atoms with Gasteiger partial charge in [0.15, 0.2) is 12.2 Å². The van der Waals surface area contributed by atoms with Crippen molar-refractivity contribution >= 4 is 39.5 Å². The summed E-state index contributed by atoms with van der Waals surface area (Å²) in [6, 6.07) is 0. The molecule has 0 radical (unpaired) electrons. The molecule has 0 aromatic rings.